The van der Waals surface area contributed by atoms with Crippen LogP contribution in [0.25, 0.3) is 11.0 Å². The lowest BCUT2D eigenvalue weighted by Crippen LogP contribution is -2.37. The second-order valence-electron chi connectivity index (χ2n) is 8.05. The summed E-state index contributed by atoms with van der Waals surface area (Å²) in [7, 11) is 0. The van der Waals surface area contributed by atoms with Crippen molar-refractivity contribution >= 4 is 17.0 Å². The molecule has 7 nitrogen and oxygen atoms in total. The summed E-state index contributed by atoms with van der Waals surface area (Å²) in [5, 5.41) is 9.34. The minimum absolute atomic E-state index is 0.243. The van der Waals surface area contributed by atoms with Crippen LogP contribution in [0.3, 0.4) is 0 Å². The molecule has 0 saturated carbocycles. The van der Waals surface area contributed by atoms with Crippen molar-refractivity contribution in [3.63, 3.8) is 0 Å². The Hall–Kier alpha value is -2.90. The molecule has 1 N–H and O–H groups in total. The van der Waals surface area contributed by atoms with Crippen molar-refractivity contribution in [3.8, 4) is 5.75 Å². The zero-order valence-electron chi connectivity index (χ0n) is 18.1. The molecule has 3 aromatic rings. The second kappa shape index (κ2) is 9.49. The maximum atomic E-state index is 11.4. The summed E-state index contributed by atoms with van der Waals surface area (Å²) in [5.41, 5.74) is 4.15. The molecule has 1 aliphatic rings. The number of ether oxygens (including phenoxy) is 2. The SMILES string of the molecule is Cc1ccc(OCc2nc3cc(C(=O)O)ccc3n2CCCN2CCOCC2)c(C)c1. The fourth-order valence-electron chi connectivity index (χ4n) is 4.05. The summed E-state index contributed by atoms with van der Waals surface area (Å²) in [6.07, 6.45) is 0.975. The van der Waals surface area contributed by atoms with Gasteiger partial charge >= 0.3 is 5.97 Å². The lowest BCUT2D eigenvalue weighted by atomic mass is 10.1. The largest absolute Gasteiger partial charge is 0.485 e. The Labute approximate surface area is 182 Å². The molecule has 0 amide bonds. The van der Waals surface area contributed by atoms with Crippen LogP contribution in [0, 0.1) is 13.8 Å². The van der Waals surface area contributed by atoms with Crippen LogP contribution in [0.2, 0.25) is 0 Å². The number of imidazole rings is 1. The number of aryl methyl sites for hydroxylation is 3. The third kappa shape index (κ3) is 5.06. The first-order chi connectivity index (χ1) is 15.0. The van der Waals surface area contributed by atoms with Crippen molar-refractivity contribution in [2.45, 2.75) is 33.4 Å². The van der Waals surface area contributed by atoms with Gasteiger partial charge < -0.3 is 19.1 Å². The summed E-state index contributed by atoms with van der Waals surface area (Å²) >= 11 is 0. The Morgan fingerprint density at radius 1 is 1.13 bits per heavy atom. The molecule has 0 aliphatic carbocycles. The van der Waals surface area contributed by atoms with Gasteiger partial charge in [-0.1, -0.05) is 17.7 Å². The van der Waals surface area contributed by atoms with Crippen molar-refractivity contribution in [1.82, 2.24) is 14.5 Å². The molecule has 0 atom stereocenters. The number of fused-ring (bicyclic) bond motifs is 1. The summed E-state index contributed by atoms with van der Waals surface area (Å²) in [4.78, 5) is 18.5. The number of carbonyl (C=O) groups is 1. The van der Waals surface area contributed by atoms with Gasteiger partial charge in [-0.3, -0.25) is 4.90 Å². The van der Waals surface area contributed by atoms with Gasteiger partial charge in [-0.05, 0) is 50.1 Å². The molecule has 7 heteroatoms. The monoisotopic (exact) mass is 423 g/mol. The smallest absolute Gasteiger partial charge is 0.335 e. The second-order valence-corrected chi connectivity index (χ2v) is 8.05. The minimum atomic E-state index is -0.947. The van der Waals surface area contributed by atoms with Gasteiger partial charge in [0.25, 0.3) is 0 Å². The van der Waals surface area contributed by atoms with Crippen LogP contribution in [-0.4, -0.2) is 58.4 Å². The summed E-state index contributed by atoms with van der Waals surface area (Å²) in [6.45, 7) is 9.74. The molecule has 2 heterocycles. The molecular formula is C24H29N3O4. The van der Waals surface area contributed by atoms with Gasteiger partial charge in [0.1, 0.15) is 18.2 Å². The summed E-state index contributed by atoms with van der Waals surface area (Å²) < 4.78 is 13.7. The van der Waals surface area contributed by atoms with Crippen LogP contribution in [-0.2, 0) is 17.9 Å². The Kier molecular flexibility index (Phi) is 6.53. The first-order valence-electron chi connectivity index (χ1n) is 10.7. The highest BCUT2D eigenvalue weighted by Gasteiger charge is 2.15. The average Bonchev–Trinajstić information content (AvgIpc) is 3.10. The van der Waals surface area contributed by atoms with E-state index in [9.17, 15) is 9.90 Å². The molecule has 0 spiro atoms. The fraction of sp³-hybridized carbons (Fsp3) is 0.417. The van der Waals surface area contributed by atoms with E-state index in [1.54, 1.807) is 12.1 Å². The summed E-state index contributed by atoms with van der Waals surface area (Å²) in [5.74, 6) is 0.695. The van der Waals surface area contributed by atoms with E-state index in [1.165, 1.54) is 5.56 Å². The Morgan fingerprint density at radius 2 is 1.94 bits per heavy atom. The van der Waals surface area contributed by atoms with Crippen LogP contribution in [0.5, 0.6) is 5.75 Å². The lowest BCUT2D eigenvalue weighted by Gasteiger charge is -2.26. The van der Waals surface area contributed by atoms with Gasteiger partial charge in [0.15, 0.2) is 0 Å². The number of hydrogen-bond donors (Lipinski definition) is 1. The van der Waals surface area contributed by atoms with Gasteiger partial charge in [0.2, 0.25) is 0 Å². The zero-order chi connectivity index (χ0) is 21.8. The molecule has 2 aromatic carbocycles. The van der Waals surface area contributed by atoms with E-state index in [0.717, 1.165) is 68.5 Å². The van der Waals surface area contributed by atoms with Gasteiger partial charge in [-0.2, -0.15) is 0 Å². The molecule has 1 aliphatic heterocycles. The van der Waals surface area contributed by atoms with Crippen LogP contribution in [0.1, 0.15) is 33.7 Å². The predicted molar refractivity (Wildman–Crippen MR) is 119 cm³/mol. The zero-order valence-corrected chi connectivity index (χ0v) is 18.1. The van der Waals surface area contributed by atoms with Crippen molar-refractivity contribution in [1.29, 1.82) is 0 Å². The highest BCUT2D eigenvalue weighted by Crippen LogP contribution is 2.23. The number of nitrogens with zero attached hydrogens (tertiary/aromatic N) is 3. The topological polar surface area (TPSA) is 76.8 Å². The molecule has 1 saturated heterocycles. The lowest BCUT2D eigenvalue weighted by molar-refractivity contribution is 0.0369. The maximum absolute atomic E-state index is 11.4. The van der Waals surface area contributed by atoms with E-state index >= 15 is 0 Å². The standard InChI is InChI=1S/C24H29N3O4/c1-17-4-7-22(18(2)14-17)31-16-23-25-20-15-19(24(28)29)5-6-21(20)27(23)9-3-8-26-10-12-30-13-11-26/h4-7,14-15H,3,8-13,16H2,1-2H3,(H,28,29). The van der Waals surface area contributed by atoms with Gasteiger partial charge in [-0.15, -0.1) is 0 Å². The van der Waals surface area contributed by atoms with Crippen molar-refractivity contribution < 1.29 is 19.4 Å². The molecule has 1 aromatic heterocycles. The fourth-order valence-corrected chi connectivity index (χ4v) is 4.05. The minimum Gasteiger partial charge on any atom is -0.485 e. The third-order valence-corrected chi connectivity index (χ3v) is 5.72. The predicted octanol–water partition coefficient (Wildman–Crippen LogP) is 3.65. The molecule has 0 unspecified atom stereocenters. The maximum Gasteiger partial charge on any atom is 0.335 e. The van der Waals surface area contributed by atoms with E-state index in [0.29, 0.717) is 12.1 Å². The van der Waals surface area contributed by atoms with E-state index in [-0.39, 0.29) is 5.56 Å². The van der Waals surface area contributed by atoms with Gasteiger partial charge in [0, 0.05) is 26.2 Å². The van der Waals surface area contributed by atoms with Crippen molar-refractivity contribution in [2.24, 2.45) is 0 Å². The number of rotatable bonds is 8. The Morgan fingerprint density at radius 3 is 2.68 bits per heavy atom. The first-order valence-corrected chi connectivity index (χ1v) is 10.7. The molecular weight excluding hydrogens is 394 g/mol. The van der Waals surface area contributed by atoms with Crippen LogP contribution in [0.4, 0.5) is 0 Å². The quantitative estimate of drug-likeness (QED) is 0.596. The molecule has 31 heavy (non-hydrogen) atoms. The number of aromatic carboxylic acids is 1. The number of aromatic nitrogens is 2. The van der Waals surface area contributed by atoms with Gasteiger partial charge in [0.05, 0.1) is 29.8 Å². The van der Waals surface area contributed by atoms with Crippen molar-refractivity contribution in [3.05, 3.63) is 58.9 Å². The Balaban J connectivity index is 1.55. The number of hydrogen-bond acceptors (Lipinski definition) is 5. The van der Waals surface area contributed by atoms with Crippen LogP contribution in [0.15, 0.2) is 36.4 Å². The number of carboxylic acid groups (broad SMARTS) is 1. The summed E-state index contributed by atoms with van der Waals surface area (Å²) in [6, 6.07) is 11.2. The number of morpholine rings is 1. The average molecular weight is 424 g/mol. The number of benzene rings is 2. The molecule has 0 bridgehead atoms. The Bertz CT molecular complexity index is 1070. The highest BCUT2D eigenvalue weighted by molar-refractivity contribution is 5.92. The van der Waals surface area contributed by atoms with Crippen LogP contribution >= 0.6 is 0 Å². The first kappa shape index (κ1) is 21.3. The van der Waals surface area contributed by atoms with Crippen LogP contribution < -0.4 is 4.74 Å². The normalized spacial score (nSPS) is 14.8. The van der Waals surface area contributed by atoms with E-state index in [1.807, 2.05) is 25.1 Å². The van der Waals surface area contributed by atoms with Crippen molar-refractivity contribution in [2.75, 3.05) is 32.8 Å². The van der Waals surface area contributed by atoms with E-state index < -0.39 is 5.97 Å². The van der Waals surface area contributed by atoms with E-state index in [2.05, 4.69) is 22.5 Å². The molecule has 1 fully saturated rings. The highest BCUT2D eigenvalue weighted by atomic mass is 16.5. The van der Waals surface area contributed by atoms with Gasteiger partial charge in [-0.25, -0.2) is 9.78 Å². The van der Waals surface area contributed by atoms with E-state index in [4.69, 9.17) is 14.5 Å². The third-order valence-electron chi connectivity index (χ3n) is 5.72. The number of carboxylic acids is 1. The molecule has 0 radical (unpaired) electrons. The molecule has 4 rings (SSSR count). The molecule has 164 valence electrons.